The second-order valence-corrected chi connectivity index (χ2v) is 3.29. The van der Waals surface area contributed by atoms with Crippen molar-refractivity contribution >= 4 is 28.9 Å². The monoisotopic (exact) mass is 246 g/mol. The van der Waals surface area contributed by atoms with Crippen LogP contribution in [-0.4, -0.2) is 6.29 Å². The zero-order chi connectivity index (χ0) is 7.56. The SMILES string of the molecule is Cc1cc(C=O)ccc1I. The predicted octanol–water partition coefficient (Wildman–Crippen LogP) is 2.41. The van der Waals surface area contributed by atoms with E-state index in [4.69, 9.17) is 0 Å². The summed E-state index contributed by atoms with van der Waals surface area (Å²) in [7, 11) is 0. The van der Waals surface area contributed by atoms with Crippen molar-refractivity contribution in [2.45, 2.75) is 6.92 Å². The third kappa shape index (κ3) is 1.56. The molecule has 1 rings (SSSR count). The second-order valence-electron chi connectivity index (χ2n) is 2.13. The molecule has 52 valence electrons. The molecule has 0 aliphatic carbocycles. The second kappa shape index (κ2) is 3.14. The van der Waals surface area contributed by atoms with E-state index in [1.54, 1.807) is 0 Å². The van der Waals surface area contributed by atoms with Crippen molar-refractivity contribution in [2.75, 3.05) is 0 Å². The summed E-state index contributed by atoms with van der Waals surface area (Å²) in [6.45, 7) is 1.99. The summed E-state index contributed by atoms with van der Waals surface area (Å²) >= 11 is 2.24. The molecule has 2 heteroatoms. The van der Waals surface area contributed by atoms with Crippen LogP contribution < -0.4 is 0 Å². The Labute approximate surface area is 73.6 Å². The number of aldehydes is 1. The molecule has 0 heterocycles. The van der Waals surface area contributed by atoms with Gasteiger partial charge in [0.1, 0.15) is 6.29 Å². The summed E-state index contributed by atoms with van der Waals surface area (Å²) in [5, 5.41) is 0. The lowest BCUT2D eigenvalue weighted by molar-refractivity contribution is 0.112. The van der Waals surface area contributed by atoms with Crippen LogP contribution in [0.5, 0.6) is 0 Å². The van der Waals surface area contributed by atoms with Gasteiger partial charge in [-0.05, 0) is 47.2 Å². The number of hydrogen-bond acceptors (Lipinski definition) is 1. The summed E-state index contributed by atoms with van der Waals surface area (Å²) < 4.78 is 1.20. The maximum absolute atomic E-state index is 10.3. The van der Waals surface area contributed by atoms with Crippen molar-refractivity contribution in [3.05, 3.63) is 32.9 Å². The molecule has 0 aliphatic rings. The molecule has 10 heavy (non-hydrogen) atoms. The van der Waals surface area contributed by atoms with E-state index in [9.17, 15) is 4.79 Å². The third-order valence-electron chi connectivity index (χ3n) is 1.32. The first-order valence-corrected chi connectivity index (χ1v) is 4.03. The van der Waals surface area contributed by atoms with Crippen molar-refractivity contribution in [1.82, 2.24) is 0 Å². The highest BCUT2D eigenvalue weighted by atomic mass is 127. The van der Waals surface area contributed by atoms with Gasteiger partial charge in [-0.25, -0.2) is 0 Å². The zero-order valence-corrected chi connectivity index (χ0v) is 7.75. The molecule has 0 unspecified atom stereocenters. The van der Waals surface area contributed by atoms with Crippen molar-refractivity contribution in [3.63, 3.8) is 0 Å². The molecule has 1 aromatic rings. The molecule has 0 amide bonds. The van der Waals surface area contributed by atoms with Crippen molar-refractivity contribution in [1.29, 1.82) is 0 Å². The van der Waals surface area contributed by atoms with Crippen LogP contribution in [0.1, 0.15) is 15.9 Å². The molecule has 0 N–H and O–H groups in total. The number of carbonyl (C=O) groups is 1. The van der Waals surface area contributed by atoms with Gasteiger partial charge in [0.15, 0.2) is 0 Å². The fraction of sp³-hybridized carbons (Fsp3) is 0.125. The first kappa shape index (κ1) is 7.72. The van der Waals surface area contributed by atoms with Crippen molar-refractivity contribution in [2.24, 2.45) is 0 Å². The standard InChI is InChI=1S/C8H7IO/c1-6-4-7(5-10)2-3-8(6)9/h2-5H,1H3. The van der Waals surface area contributed by atoms with Crippen LogP contribution in [-0.2, 0) is 0 Å². The Bertz CT molecular complexity index is 255. The highest BCUT2D eigenvalue weighted by Gasteiger charge is 1.93. The van der Waals surface area contributed by atoms with E-state index in [1.165, 1.54) is 3.57 Å². The minimum atomic E-state index is 0.748. The van der Waals surface area contributed by atoms with Gasteiger partial charge in [0.2, 0.25) is 0 Å². The van der Waals surface area contributed by atoms with E-state index < -0.39 is 0 Å². The molecule has 1 nitrogen and oxygen atoms in total. The molecule has 0 aliphatic heterocycles. The largest absolute Gasteiger partial charge is 0.298 e. The van der Waals surface area contributed by atoms with Crippen LogP contribution in [0.3, 0.4) is 0 Å². The predicted molar refractivity (Wildman–Crippen MR) is 49.3 cm³/mol. The molecule has 0 bridgehead atoms. The van der Waals surface area contributed by atoms with E-state index in [2.05, 4.69) is 22.6 Å². The normalized spacial score (nSPS) is 9.40. The van der Waals surface area contributed by atoms with E-state index >= 15 is 0 Å². The lowest BCUT2D eigenvalue weighted by Crippen LogP contribution is -1.83. The van der Waals surface area contributed by atoms with Crippen molar-refractivity contribution < 1.29 is 4.79 Å². The minimum Gasteiger partial charge on any atom is -0.298 e. The molecule has 0 aromatic heterocycles. The van der Waals surface area contributed by atoms with Crippen LogP contribution in [0.15, 0.2) is 18.2 Å². The Morgan fingerprint density at radius 1 is 1.50 bits per heavy atom. The highest BCUT2D eigenvalue weighted by Crippen LogP contribution is 2.11. The molecule has 1 aromatic carbocycles. The third-order valence-corrected chi connectivity index (χ3v) is 2.53. The Kier molecular flexibility index (Phi) is 2.43. The van der Waals surface area contributed by atoms with Gasteiger partial charge in [-0.2, -0.15) is 0 Å². The average Bonchev–Trinajstić information content (AvgIpc) is 1.95. The number of hydrogen-bond donors (Lipinski definition) is 0. The Hall–Kier alpha value is -0.380. The van der Waals surface area contributed by atoms with Gasteiger partial charge in [0.25, 0.3) is 0 Å². The minimum absolute atomic E-state index is 0.748. The fourth-order valence-electron chi connectivity index (χ4n) is 0.741. The van der Waals surface area contributed by atoms with Gasteiger partial charge in [0.05, 0.1) is 0 Å². The summed E-state index contributed by atoms with van der Waals surface area (Å²) in [5.74, 6) is 0. The van der Waals surface area contributed by atoms with Crippen LogP contribution in [0.2, 0.25) is 0 Å². The highest BCUT2D eigenvalue weighted by molar-refractivity contribution is 14.1. The van der Waals surface area contributed by atoms with Gasteiger partial charge in [-0.1, -0.05) is 6.07 Å². The summed E-state index contributed by atoms with van der Waals surface area (Å²) in [6.07, 6.45) is 0.864. The smallest absolute Gasteiger partial charge is 0.150 e. The van der Waals surface area contributed by atoms with Crippen LogP contribution >= 0.6 is 22.6 Å². The molecule has 0 spiro atoms. The van der Waals surface area contributed by atoms with Gasteiger partial charge < -0.3 is 0 Å². The number of carbonyl (C=O) groups excluding carboxylic acids is 1. The first-order valence-electron chi connectivity index (χ1n) is 2.95. The molecule has 0 saturated carbocycles. The molecule has 0 radical (unpaired) electrons. The summed E-state index contributed by atoms with van der Waals surface area (Å²) in [5.41, 5.74) is 1.91. The fourth-order valence-corrected chi connectivity index (χ4v) is 1.08. The van der Waals surface area contributed by atoms with E-state index in [0.717, 1.165) is 17.4 Å². The Morgan fingerprint density at radius 2 is 2.20 bits per heavy atom. The summed E-state index contributed by atoms with van der Waals surface area (Å²) in [6, 6.07) is 5.65. The molecular weight excluding hydrogens is 239 g/mol. The maximum Gasteiger partial charge on any atom is 0.150 e. The van der Waals surface area contributed by atoms with Gasteiger partial charge >= 0.3 is 0 Å². The van der Waals surface area contributed by atoms with Crippen molar-refractivity contribution in [3.8, 4) is 0 Å². The first-order chi connectivity index (χ1) is 4.74. The number of benzene rings is 1. The van der Waals surface area contributed by atoms with Gasteiger partial charge in [-0.3, -0.25) is 4.79 Å². The van der Waals surface area contributed by atoms with Gasteiger partial charge in [0, 0.05) is 9.13 Å². The Balaban J connectivity index is 3.16. The molecular formula is C8H7IO. The van der Waals surface area contributed by atoms with E-state index in [0.29, 0.717) is 0 Å². The van der Waals surface area contributed by atoms with Gasteiger partial charge in [-0.15, -0.1) is 0 Å². The van der Waals surface area contributed by atoms with E-state index in [1.807, 2.05) is 25.1 Å². The van der Waals surface area contributed by atoms with Crippen LogP contribution in [0.25, 0.3) is 0 Å². The number of halogens is 1. The Morgan fingerprint density at radius 3 is 2.70 bits per heavy atom. The topological polar surface area (TPSA) is 17.1 Å². The lowest BCUT2D eigenvalue weighted by atomic mass is 10.2. The zero-order valence-electron chi connectivity index (χ0n) is 5.60. The lowest BCUT2D eigenvalue weighted by Gasteiger charge is -1.96. The quantitative estimate of drug-likeness (QED) is 0.549. The van der Waals surface area contributed by atoms with Crippen LogP contribution in [0, 0.1) is 10.5 Å². The molecule has 0 fully saturated rings. The average molecular weight is 246 g/mol. The number of aryl methyl sites for hydroxylation is 1. The summed E-state index contributed by atoms with van der Waals surface area (Å²) in [4.78, 5) is 10.3. The molecule has 0 saturated heterocycles. The van der Waals surface area contributed by atoms with E-state index in [-0.39, 0.29) is 0 Å². The maximum atomic E-state index is 10.3. The molecule has 0 atom stereocenters. The van der Waals surface area contributed by atoms with Crippen LogP contribution in [0.4, 0.5) is 0 Å². The number of rotatable bonds is 1.